The lowest BCUT2D eigenvalue weighted by Gasteiger charge is -2.06. The Hall–Kier alpha value is -2.01. The van der Waals surface area contributed by atoms with E-state index in [1.54, 1.807) is 0 Å². The van der Waals surface area contributed by atoms with Crippen LogP contribution < -0.4 is 5.32 Å². The lowest BCUT2D eigenvalue weighted by Crippen LogP contribution is -2.05. The number of para-hydroxylation sites is 1. The minimum atomic E-state index is 0.537. The van der Waals surface area contributed by atoms with Gasteiger partial charge in [0, 0.05) is 11.0 Å². The molecule has 1 aromatic heterocycles. The second kappa shape index (κ2) is 5.32. The molecule has 0 fully saturated rings. The summed E-state index contributed by atoms with van der Waals surface area (Å²) < 4.78 is 1.07. The fraction of sp³-hybridized carbons (Fsp3) is 0.0714. The fourth-order valence-corrected chi connectivity index (χ4v) is 2.20. The Morgan fingerprint density at radius 2 is 1.63 bits per heavy atom. The quantitative estimate of drug-likeness (QED) is 0.805. The van der Waals surface area contributed by atoms with Crippen LogP contribution in [0.4, 0.5) is 5.95 Å². The summed E-state index contributed by atoms with van der Waals surface area (Å²) in [7, 11) is 0. The van der Waals surface area contributed by atoms with Gasteiger partial charge in [0.15, 0.2) is 0 Å². The minimum absolute atomic E-state index is 0.537. The van der Waals surface area contributed by atoms with Crippen molar-refractivity contribution in [1.82, 2.24) is 15.2 Å². The van der Waals surface area contributed by atoms with Gasteiger partial charge in [0.25, 0.3) is 0 Å². The van der Waals surface area contributed by atoms with Crippen LogP contribution in [-0.2, 0) is 6.54 Å². The summed E-state index contributed by atoms with van der Waals surface area (Å²) in [5, 5.41) is 11.4. The molecule has 0 aliphatic rings. The summed E-state index contributed by atoms with van der Waals surface area (Å²) in [5.74, 6) is 0.537. The van der Waals surface area contributed by atoms with E-state index in [1.807, 2.05) is 48.5 Å². The van der Waals surface area contributed by atoms with E-state index in [4.69, 9.17) is 0 Å². The Morgan fingerprint density at radius 1 is 0.895 bits per heavy atom. The third-order valence-corrected chi connectivity index (χ3v) is 3.53. The molecule has 19 heavy (non-hydrogen) atoms. The molecule has 3 rings (SSSR count). The number of rotatable bonds is 3. The van der Waals surface area contributed by atoms with Crippen molar-refractivity contribution in [2.75, 3.05) is 5.32 Å². The van der Waals surface area contributed by atoms with Crippen molar-refractivity contribution in [1.29, 1.82) is 0 Å². The van der Waals surface area contributed by atoms with Crippen LogP contribution in [-0.4, -0.2) is 15.2 Å². The van der Waals surface area contributed by atoms with E-state index in [0.717, 1.165) is 21.1 Å². The number of nitrogens with zero attached hydrogens (tertiary/aromatic N) is 3. The molecule has 0 unspecified atom stereocenters. The number of aromatic nitrogens is 3. The van der Waals surface area contributed by atoms with E-state index in [9.17, 15) is 0 Å². The van der Waals surface area contributed by atoms with Crippen LogP contribution in [0.1, 0.15) is 5.56 Å². The van der Waals surface area contributed by atoms with E-state index in [0.29, 0.717) is 12.5 Å². The summed E-state index contributed by atoms with van der Waals surface area (Å²) in [5.41, 5.74) is 2.79. The van der Waals surface area contributed by atoms with Crippen molar-refractivity contribution in [2.45, 2.75) is 6.54 Å². The van der Waals surface area contributed by atoms with Crippen molar-refractivity contribution in [3.8, 4) is 0 Å². The van der Waals surface area contributed by atoms with Crippen LogP contribution >= 0.6 is 15.9 Å². The molecule has 94 valence electrons. The highest BCUT2D eigenvalue weighted by molar-refractivity contribution is 9.10. The number of fused-ring (bicyclic) bond motifs is 1. The van der Waals surface area contributed by atoms with Gasteiger partial charge >= 0.3 is 0 Å². The van der Waals surface area contributed by atoms with Crippen molar-refractivity contribution in [2.24, 2.45) is 0 Å². The summed E-state index contributed by atoms with van der Waals surface area (Å²) in [6, 6.07) is 15.7. The Bertz CT molecular complexity index is 714. The van der Waals surface area contributed by atoms with Crippen LogP contribution in [0.2, 0.25) is 0 Å². The number of hydrogen-bond donors (Lipinski definition) is 1. The maximum absolute atomic E-state index is 4.42. The lowest BCUT2D eigenvalue weighted by molar-refractivity contribution is 0.982. The first-order valence-electron chi connectivity index (χ1n) is 5.90. The zero-order valence-corrected chi connectivity index (χ0v) is 11.6. The first-order chi connectivity index (χ1) is 9.33. The van der Waals surface area contributed by atoms with Crippen molar-refractivity contribution < 1.29 is 0 Å². The van der Waals surface area contributed by atoms with E-state index in [-0.39, 0.29) is 0 Å². The smallest absolute Gasteiger partial charge is 0.243 e. The second-order valence-corrected chi connectivity index (χ2v) is 4.92. The van der Waals surface area contributed by atoms with E-state index in [2.05, 4.69) is 36.4 Å². The third-order valence-electron chi connectivity index (χ3n) is 2.76. The first-order valence-corrected chi connectivity index (χ1v) is 6.69. The molecular formula is C14H11BrN4. The van der Waals surface area contributed by atoms with Gasteiger partial charge in [-0.25, -0.2) is 4.98 Å². The van der Waals surface area contributed by atoms with Gasteiger partial charge in [0.05, 0.1) is 5.52 Å². The topological polar surface area (TPSA) is 50.7 Å². The predicted octanol–water partition coefficient (Wildman–Crippen LogP) is 3.40. The summed E-state index contributed by atoms with van der Waals surface area (Å²) in [6.45, 7) is 0.654. The highest BCUT2D eigenvalue weighted by Crippen LogP contribution is 2.17. The van der Waals surface area contributed by atoms with Gasteiger partial charge in [-0.2, -0.15) is 0 Å². The summed E-state index contributed by atoms with van der Waals surface area (Å²) in [4.78, 5) is 4.42. The molecule has 0 atom stereocenters. The van der Waals surface area contributed by atoms with Crippen molar-refractivity contribution in [3.63, 3.8) is 0 Å². The largest absolute Gasteiger partial charge is 0.349 e. The van der Waals surface area contributed by atoms with Crippen LogP contribution in [0.15, 0.2) is 53.0 Å². The predicted molar refractivity (Wildman–Crippen MR) is 78.8 cm³/mol. The van der Waals surface area contributed by atoms with Gasteiger partial charge in [-0.15, -0.1) is 10.2 Å². The van der Waals surface area contributed by atoms with Gasteiger partial charge in [0.1, 0.15) is 5.52 Å². The van der Waals surface area contributed by atoms with Gasteiger partial charge in [-0.3, -0.25) is 0 Å². The molecule has 0 radical (unpaired) electrons. The first kappa shape index (κ1) is 12.0. The molecule has 0 saturated carbocycles. The van der Waals surface area contributed by atoms with Crippen LogP contribution in [0, 0.1) is 0 Å². The number of anilines is 1. The van der Waals surface area contributed by atoms with Crippen LogP contribution in [0.25, 0.3) is 11.0 Å². The second-order valence-electron chi connectivity index (χ2n) is 4.07. The molecule has 1 N–H and O–H groups in total. The maximum Gasteiger partial charge on any atom is 0.243 e. The molecule has 0 amide bonds. The zero-order chi connectivity index (χ0) is 13.1. The Kier molecular flexibility index (Phi) is 3.37. The van der Waals surface area contributed by atoms with Crippen molar-refractivity contribution in [3.05, 3.63) is 58.6 Å². The van der Waals surface area contributed by atoms with Gasteiger partial charge in [-0.05, 0) is 23.8 Å². The molecular weight excluding hydrogens is 304 g/mol. The molecule has 5 heteroatoms. The average molecular weight is 315 g/mol. The minimum Gasteiger partial charge on any atom is -0.349 e. The van der Waals surface area contributed by atoms with Gasteiger partial charge in [0.2, 0.25) is 5.95 Å². The Morgan fingerprint density at radius 3 is 2.47 bits per heavy atom. The van der Waals surface area contributed by atoms with Crippen LogP contribution in [0.5, 0.6) is 0 Å². The SMILES string of the molecule is Brc1ccccc1CNc1nnc2ccccc2n1. The highest BCUT2D eigenvalue weighted by atomic mass is 79.9. The molecule has 0 aliphatic carbocycles. The van der Waals surface area contributed by atoms with Gasteiger partial charge in [-0.1, -0.05) is 46.3 Å². The van der Waals surface area contributed by atoms with Gasteiger partial charge < -0.3 is 5.32 Å². The molecule has 0 spiro atoms. The van der Waals surface area contributed by atoms with E-state index < -0.39 is 0 Å². The maximum atomic E-state index is 4.42. The number of benzene rings is 2. The number of halogens is 1. The summed E-state index contributed by atoms with van der Waals surface area (Å²) >= 11 is 3.51. The molecule has 0 bridgehead atoms. The molecule has 0 saturated heterocycles. The van der Waals surface area contributed by atoms with E-state index >= 15 is 0 Å². The van der Waals surface area contributed by atoms with Crippen LogP contribution in [0.3, 0.4) is 0 Å². The standard InChI is InChI=1S/C14H11BrN4/c15-11-6-2-1-5-10(11)9-16-14-17-12-7-3-4-8-13(12)18-19-14/h1-8H,9H2,(H,16,17,19). The Labute approximate surface area is 119 Å². The third kappa shape index (κ3) is 2.71. The molecule has 2 aromatic carbocycles. The molecule has 4 nitrogen and oxygen atoms in total. The number of nitrogens with one attached hydrogen (secondary N) is 1. The lowest BCUT2D eigenvalue weighted by atomic mass is 10.2. The highest BCUT2D eigenvalue weighted by Gasteiger charge is 2.02. The Balaban J connectivity index is 1.80. The molecule has 3 aromatic rings. The summed E-state index contributed by atoms with van der Waals surface area (Å²) in [6.07, 6.45) is 0. The molecule has 0 aliphatic heterocycles. The zero-order valence-electron chi connectivity index (χ0n) is 10.0. The molecule has 1 heterocycles. The normalized spacial score (nSPS) is 10.6. The average Bonchev–Trinajstić information content (AvgIpc) is 2.46. The monoisotopic (exact) mass is 314 g/mol. The fourth-order valence-electron chi connectivity index (χ4n) is 1.77. The van der Waals surface area contributed by atoms with E-state index in [1.165, 1.54) is 0 Å². The van der Waals surface area contributed by atoms with Crippen molar-refractivity contribution >= 4 is 32.9 Å². The number of hydrogen-bond acceptors (Lipinski definition) is 4.